The standard InChI is InChI=1S/C30H23Cl2NO3/c31-24-13-14-26(25(32)18-24)33(27(30(34)35)16-20-7-2-1-3-8-20)19-21-9-6-11-22(15-21)29-17-23-10-4-5-12-28(23)36-29/h1-15,17-18,27H,16,19H2,(H,34,35)/t27-/m0/s1. The number of fused-ring (bicyclic) bond motifs is 1. The summed E-state index contributed by atoms with van der Waals surface area (Å²) in [5.41, 5.74) is 4.20. The zero-order valence-electron chi connectivity index (χ0n) is 19.3. The molecule has 0 saturated heterocycles. The van der Waals surface area contributed by atoms with Crippen LogP contribution >= 0.6 is 23.2 Å². The number of carboxylic acid groups (broad SMARTS) is 1. The van der Waals surface area contributed by atoms with Crippen molar-refractivity contribution >= 4 is 45.8 Å². The van der Waals surface area contributed by atoms with Crippen LogP contribution < -0.4 is 4.90 Å². The maximum Gasteiger partial charge on any atom is 0.326 e. The van der Waals surface area contributed by atoms with E-state index in [4.69, 9.17) is 27.6 Å². The molecule has 0 aliphatic heterocycles. The molecule has 180 valence electrons. The summed E-state index contributed by atoms with van der Waals surface area (Å²) in [5, 5.41) is 12.2. The SMILES string of the molecule is O=C(O)[C@H](Cc1ccccc1)N(Cc1cccc(-c2cc3ccccc3o2)c1)c1ccc(Cl)cc1Cl. The number of benzene rings is 4. The number of carboxylic acids is 1. The molecule has 0 amide bonds. The molecule has 5 aromatic rings. The van der Waals surface area contributed by atoms with Crippen molar-refractivity contribution < 1.29 is 14.3 Å². The Morgan fingerprint density at radius 3 is 2.33 bits per heavy atom. The lowest BCUT2D eigenvalue weighted by Gasteiger charge is -2.32. The maximum atomic E-state index is 12.5. The van der Waals surface area contributed by atoms with Crippen LogP contribution in [0.4, 0.5) is 5.69 Å². The van der Waals surface area contributed by atoms with Crippen molar-refractivity contribution in [3.8, 4) is 11.3 Å². The van der Waals surface area contributed by atoms with Gasteiger partial charge in [0.2, 0.25) is 0 Å². The summed E-state index contributed by atoms with van der Waals surface area (Å²) in [7, 11) is 0. The van der Waals surface area contributed by atoms with Crippen LogP contribution in [0, 0.1) is 0 Å². The zero-order chi connectivity index (χ0) is 25.1. The highest BCUT2D eigenvalue weighted by Crippen LogP contribution is 2.33. The van der Waals surface area contributed by atoms with Gasteiger partial charge in [0, 0.05) is 28.9 Å². The van der Waals surface area contributed by atoms with Gasteiger partial charge >= 0.3 is 5.97 Å². The third kappa shape index (κ3) is 5.25. The number of para-hydroxylation sites is 1. The molecule has 1 heterocycles. The van der Waals surface area contributed by atoms with Gasteiger partial charge in [-0.05, 0) is 47.5 Å². The zero-order valence-corrected chi connectivity index (χ0v) is 20.8. The normalized spacial score (nSPS) is 11.9. The summed E-state index contributed by atoms with van der Waals surface area (Å²) in [6, 6.07) is 31.7. The second-order valence-corrected chi connectivity index (χ2v) is 9.46. The van der Waals surface area contributed by atoms with Gasteiger partial charge in [-0.1, -0.05) is 89.9 Å². The van der Waals surface area contributed by atoms with Gasteiger partial charge in [0.05, 0.1) is 10.7 Å². The number of hydrogen-bond acceptors (Lipinski definition) is 3. The molecule has 0 spiro atoms. The highest BCUT2D eigenvalue weighted by molar-refractivity contribution is 6.36. The third-order valence-electron chi connectivity index (χ3n) is 6.14. The van der Waals surface area contributed by atoms with Crippen molar-refractivity contribution in [2.45, 2.75) is 19.0 Å². The Morgan fingerprint density at radius 2 is 1.58 bits per heavy atom. The number of anilines is 1. The lowest BCUT2D eigenvalue weighted by atomic mass is 10.0. The van der Waals surface area contributed by atoms with Crippen LogP contribution in [-0.4, -0.2) is 17.1 Å². The quantitative estimate of drug-likeness (QED) is 0.226. The Kier molecular flexibility index (Phi) is 6.99. The first-order valence-corrected chi connectivity index (χ1v) is 12.3. The van der Waals surface area contributed by atoms with Crippen LogP contribution in [0.25, 0.3) is 22.3 Å². The van der Waals surface area contributed by atoms with E-state index in [1.807, 2.05) is 89.8 Å². The summed E-state index contributed by atoms with van der Waals surface area (Å²) in [5.74, 6) is -0.175. The van der Waals surface area contributed by atoms with E-state index in [1.165, 1.54) is 0 Å². The highest BCUT2D eigenvalue weighted by atomic mass is 35.5. The first-order valence-electron chi connectivity index (χ1n) is 11.5. The van der Waals surface area contributed by atoms with Gasteiger partial charge in [0.1, 0.15) is 17.4 Å². The second kappa shape index (κ2) is 10.5. The summed E-state index contributed by atoms with van der Waals surface area (Å²) in [4.78, 5) is 14.4. The molecule has 6 heteroatoms. The van der Waals surface area contributed by atoms with E-state index in [9.17, 15) is 9.90 Å². The van der Waals surface area contributed by atoms with E-state index in [0.717, 1.165) is 33.4 Å². The van der Waals surface area contributed by atoms with Crippen LogP contribution in [-0.2, 0) is 17.8 Å². The van der Waals surface area contributed by atoms with Gasteiger partial charge in [0.15, 0.2) is 0 Å². The van der Waals surface area contributed by atoms with E-state index in [0.29, 0.717) is 28.7 Å². The Morgan fingerprint density at radius 1 is 0.833 bits per heavy atom. The minimum absolute atomic E-state index is 0.318. The second-order valence-electron chi connectivity index (χ2n) is 8.62. The predicted molar refractivity (Wildman–Crippen MR) is 146 cm³/mol. The molecule has 0 saturated carbocycles. The number of aliphatic carboxylic acids is 1. The average molecular weight is 516 g/mol. The van der Waals surface area contributed by atoms with Crippen LogP contribution in [0.5, 0.6) is 0 Å². The van der Waals surface area contributed by atoms with Gasteiger partial charge in [-0.3, -0.25) is 0 Å². The van der Waals surface area contributed by atoms with Gasteiger partial charge in [0.25, 0.3) is 0 Å². The van der Waals surface area contributed by atoms with Crippen LogP contribution in [0.15, 0.2) is 108 Å². The smallest absolute Gasteiger partial charge is 0.326 e. The number of carbonyl (C=O) groups is 1. The van der Waals surface area contributed by atoms with Crippen molar-refractivity contribution in [2.75, 3.05) is 4.90 Å². The van der Waals surface area contributed by atoms with Crippen molar-refractivity contribution in [1.82, 2.24) is 0 Å². The molecule has 0 aliphatic carbocycles. The molecule has 0 unspecified atom stereocenters. The first kappa shape index (κ1) is 24.0. The predicted octanol–water partition coefficient (Wildman–Crippen LogP) is 8.11. The molecule has 4 aromatic carbocycles. The highest BCUT2D eigenvalue weighted by Gasteiger charge is 2.28. The lowest BCUT2D eigenvalue weighted by molar-refractivity contribution is -0.138. The minimum Gasteiger partial charge on any atom is -0.480 e. The fraction of sp³-hybridized carbons (Fsp3) is 0.100. The molecular weight excluding hydrogens is 493 g/mol. The molecule has 5 rings (SSSR count). The number of nitrogens with zero attached hydrogens (tertiary/aromatic N) is 1. The third-order valence-corrected chi connectivity index (χ3v) is 6.68. The van der Waals surface area contributed by atoms with Crippen molar-refractivity contribution in [2.24, 2.45) is 0 Å². The van der Waals surface area contributed by atoms with E-state index in [-0.39, 0.29) is 0 Å². The lowest BCUT2D eigenvalue weighted by Crippen LogP contribution is -2.42. The van der Waals surface area contributed by atoms with Crippen molar-refractivity contribution in [3.63, 3.8) is 0 Å². The molecule has 4 nitrogen and oxygen atoms in total. The van der Waals surface area contributed by atoms with Crippen LogP contribution in [0.2, 0.25) is 10.0 Å². The Balaban J connectivity index is 1.53. The van der Waals surface area contributed by atoms with E-state index in [1.54, 1.807) is 18.2 Å². The van der Waals surface area contributed by atoms with E-state index in [2.05, 4.69) is 0 Å². The Labute approximate surface area is 219 Å². The largest absolute Gasteiger partial charge is 0.480 e. The number of hydrogen-bond donors (Lipinski definition) is 1. The number of rotatable bonds is 8. The monoisotopic (exact) mass is 515 g/mol. The molecule has 0 fully saturated rings. The minimum atomic E-state index is -0.932. The van der Waals surface area contributed by atoms with Crippen LogP contribution in [0.1, 0.15) is 11.1 Å². The summed E-state index contributed by atoms with van der Waals surface area (Å²) in [6.45, 7) is 0.333. The average Bonchev–Trinajstić information content (AvgIpc) is 3.32. The van der Waals surface area contributed by atoms with Gasteiger partial charge in [-0.25, -0.2) is 4.79 Å². The molecule has 0 aliphatic rings. The van der Waals surface area contributed by atoms with Gasteiger partial charge in [-0.2, -0.15) is 0 Å². The van der Waals surface area contributed by atoms with Crippen molar-refractivity contribution in [1.29, 1.82) is 0 Å². The topological polar surface area (TPSA) is 53.7 Å². The maximum absolute atomic E-state index is 12.5. The summed E-state index contributed by atoms with van der Waals surface area (Å²) in [6.07, 6.45) is 0.318. The molecule has 0 bridgehead atoms. The molecule has 1 N–H and O–H groups in total. The van der Waals surface area contributed by atoms with Gasteiger partial charge < -0.3 is 14.4 Å². The molecule has 36 heavy (non-hydrogen) atoms. The molecular formula is C30H23Cl2NO3. The van der Waals surface area contributed by atoms with E-state index >= 15 is 0 Å². The van der Waals surface area contributed by atoms with Crippen molar-refractivity contribution in [3.05, 3.63) is 124 Å². The summed E-state index contributed by atoms with van der Waals surface area (Å²) >= 11 is 12.7. The first-order chi connectivity index (χ1) is 17.5. The number of furan rings is 1. The Hall–Kier alpha value is -3.73. The molecule has 0 radical (unpaired) electrons. The van der Waals surface area contributed by atoms with E-state index < -0.39 is 12.0 Å². The Bertz CT molecular complexity index is 1480. The molecule has 1 aromatic heterocycles. The fourth-order valence-electron chi connectivity index (χ4n) is 4.39. The van der Waals surface area contributed by atoms with Crippen LogP contribution in [0.3, 0.4) is 0 Å². The fourth-order valence-corrected chi connectivity index (χ4v) is 4.91. The summed E-state index contributed by atoms with van der Waals surface area (Å²) < 4.78 is 6.05. The van der Waals surface area contributed by atoms with Gasteiger partial charge in [-0.15, -0.1) is 0 Å². The molecule has 1 atom stereocenters. The number of halogens is 2.